The fourth-order valence-corrected chi connectivity index (χ4v) is 1.51. The number of aromatic nitrogens is 1. The molecule has 0 amide bonds. The monoisotopic (exact) mass is 265 g/mol. The van der Waals surface area contributed by atoms with Gasteiger partial charge in [-0.25, -0.2) is 4.79 Å². The van der Waals surface area contributed by atoms with Gasteiger partial charge in [0.1, 0.15) is 0 Å². The van der Waals surface area contributed by atoms with Crippen molar-refractivity contribution in [2.75, 3.05) is 6.61 Å². The second-order valence-electron chi connectivity index (χ2n) is 4.01. The highest BCUT2D eigenvalue weighted by molar-refractivity contribution is 5.80. The summed E-state index contributed by atoms with van der Waals surface area (Å²) in [6.45, 7) is 3.93. The number of nitrogens with zero attached hydrogens (tertiary/aromatic N) is 1. The van der Waals surface area contributed by atoms with Crippen molar-refractivity contribution in [2.45, 2.75) is 39.2 Å². The molecule has 1 atom stereocenters. The summed E-state index contributed by atoms with van der Waals surface area (Å²) in [4.78, 5) is 27.4. The van der Waals surface area contributed by atoms with Crippen LogP contribution in [-0.4, -0.2) is 23.5 Å². The van der Waals surface area contributed by atoms with Crippen molar-refractivity contribution < 1.29 is 19.1 Å². The molecule has 5 heteroatoms. The minimum absolute atomic E-state index is 0.238. The van der Waals surface area contributed by atoms with Crippen molar-refractivity contribution in [1.82, 2.24) is 4.98 Å². The van der Waals surface area contributed by atoms with Gasteiger partial charge in [0.05, 0.1) is 6.61 Å². The zero-order chi connectivity index (χ0) is 14.1. The number of hydrogen-bond acceptors (Lipinski definition) is 5. The Morgan fingerprint density at radius 2 is 2.16 bits per heavy atom. The summed E-state index contributed by atoms with van der Waals surface area (Å²) in [7, 11) is 0. The molecule has 104 valence electrons. The van der Waals surface area contributed by atoms with Gasteiger partial charge in [0.2, 0.25) is 6.10 Å². The fraction of sp³-hybridized carbons (Fsp3) is 0.500. The zero-order valence-corrected chi connectivity index (χ0v) is 11.3. The first-order valence-corrected chi connectivity index (χ1v) is 6.45. The highest BCUT2D eigenvalue weighted by atomic mass is 16.6. The predicted molar refractivity (Wildman–Crippen MR) is 69.2 cm³/mol. The lowest BCUT2D eigenvalue weighted by Gasteiger charge is -2.16. The number of ether oxygens (including phenoxy) is 2. The Labute approximate surface area is 112 Å². The Morgan fingerprint density at radius 1 is 1.37 bits per heavy atom. The Morgan fingerprint density at radius 3 is 2.74 bits per heavy atom. The predicted octanol–water partition coefficient (Wildman–Crippen LogP) is 2.42. The van der Waals surface area contributed by atoms with Gasteiger partial charge in [0.15, 0.2) is 0 Å². The lowest BCUT2D eigenvalue weighted by molar-refractivity contribution is -0.168. The molecule has 0 saturated carbocycles. The average Bonchev–Trinajstić information content (AvgIpc) is 2.43. The SMILES string of the molecule is CCCCC(=O)OC(C(=O)OCC)c1cccnc1. The van der Waals surface area contributed by atoms with Gasteiger partial charge in [-0.3, -0.25) is 9.78 Å². The van der Waals surface area contributed by atoms with Crippen LogP contribution in [0.3, 0.4) is 0 Å². The van der Waals surface area contributed by atoms with Crippen molar-refractivity contribution in [3.05, 3.63) is 30.1 Å². The van der Waals surface area contributed by atoms with Crippen LogP contribution in [0.4, 0.5) is 0 Å². The molecule has 0 fully saturated rings. The van der Waals surface area contributed by atoms with Crippen LogP contribution in [0.2, 0.25) is 0 Å². The van der Waals surface area contributed by atoms with Crippen molar-refractivity contribution in [3.63, 3.8) is 0 Å². The van der Waals surface area contributed by atoms with E-state index in [1.807, 2.05) is 6.92 Å². The van der Waals surface area contributed by atoms with Crippen molar-refractivity contribution in [3.8, 4) is 0 Å². The van der Waals surface area contributed by atoms with E-state index in [1.165, 1.54) is 6.20 Å². The number of carbonyl (C=O) groups excluding carboxylic acids is 2. The van der Waals surface area contributed by atoms with E-state index >= 15 is 0 Å². The maximum atomic E-state index is 11.8. The summed E-state index contributed by atoms with van der Waals surface area (Å²) in [6, 6.07) is 3.36. The molecule has 5 nitrogen and oxygen atoms in total. The Bertz CT molecular complexity index is 405. The van der Waals surface area contributed by atoms with E-state index < -0.39 is 18.0 Å². The highest BCUT2D eigenvalue weighted by Crippen LogP contribution is 2.19. The number of carbonyl (C=O) groups is 2. The van der Waals surface area contributed by atoms with Crippen molar-refractivity contribution >= 4 is 11.9 Å². The summed E-state index contributed by atoms with van der Waals surface area (Å²) in [6.07, 6.45) is 3.98. The van der Waals surface area contributed by atoms with E-state index in [1.54, 1.807) is 25.3 Å². The molecule has 19 heavy (non-hydrogen) atoms. The van der Waals surface area contributed by atoms with E-state index in [0.29, 0.717) is 12.0 Å². The van der Waals surface area contributed by atoms with Crippen LogP contribution >= 0.6 is 0 Å². The summed E-state index contributed by atoms with van der Waals surface area (Å²) < 4.78 is 10.1. The van der Waals surface area contributed by atoms with Crippen LogP contribution in [0.25, 0.3) is 0 Å². The van der Waals surface area contributed by atoms with Crippen LogP contribution < -0.4 is 0 Å². The maximum Gasteiger partial charge on any atom is 0.352 e. The molecule has 1 aromatic heterocycles. The first-order chi connectivity index (χ1) is 9.19. The molecule has 0 bridgehead atoms. The van der Waals surface area contributed by atoms with Crippen molar-refractivity contribution in [1.29, 1.82) is 0 Å². The number of unbranched alkanes of at least 4 members (excludes halogenated alkanes) is 1. The fourth-order valence-electron chi connectivity index (χ4n) is 1.51. The largest absolute Gasteiger partial charge is 0.463 e. The normalized spacial score (nSPS) is 11.7. The summed E-state index contributed by atoms with van der Waals surface area (Å²) in [5.74, 6) is -0.968. The highest BCUT2D eigenvalue weighted by Gasteiger charge is 2.26. The van der Waals surface area contributed by atoms with Gasteiger partial charge in [-0.05, 0) is 19.4 Å². The third kappa shape index (κ3) is 5.07. The van der Waals surface area contributed by atoms with Crippen LogP contribution in [0.5, 0.6) is 0 Å². The van der Waals surface area contributed by atoms with E-state index in [9.17, 15) is 9.59 Å². The molecule has 0 aliphatic heterocycles. The average molecular weight is 265 g/mol. The van der Waals surface area contributed by atoms with E-state index in [4.69, 9.17) is 9.47 Å². The lowest BCUT2D eigenvalue weighted by atomic mass is 10.1. The van der Waals surface area contributed by atoms with E-state index in [2.05, 4.69) is 4.98 Å². The summed E-state index contributed by atoms with van der Waals surface area (Å²) >= 11 is 0. The molecule has 1 heterocycles. The molecule has 1 unspecified atom stereocenters. The molecule has 0 saturated heterocycles. The molecule has 0 N–H and O–H groups in total. The summed E-state index contributed by atoms with van der Waals surface area (Å²) in [5.41, 5.74) is 0.519. The Kier molecular flexibility index (Phi) is 6.57. The molecular formula is C14H19NO4. The van der Waals surface area contributed by atoms with Gasteiger partial charge in [-0.2, -0.15) is 0 Å². The van der Waals surface area contributed by atoms with Crippen molar-refractivity contribution in [2.24, 2.45) is 0 Å². The number of pyridine rings is 1. The van der Waals surface area contributed by atoms with Gasteiger partial charge in [0.25, 0.3) is 0 Å². The smallest absolute Gasteiger partial charge is 0.352 e. The van der Waals surface area contributed by atoms with Gasteiger partial charge in [-0.15, -0.1) is 0 Å². The third-order valence-electron chi connectivity index (χ3n) is 2.47. The molecule has 1 aromatic rings. The van der Waals surface area contributed by atoms with Crippen LogP contribution in [-0.2, 0) is 19.1 Å². The number of rotatable bonds is 7. The van der Waals surface area contributed by atoms with E-state index in [0.717, 1.165) is 12.8 Å². The second kappa shape index (κ2) is 8.24. The second-order valence-corrected chi connectivity index (χ2v) is 4.01. The van der Waals surface area contributed by atoms with Gasteiger partial charge in [-0.1, -0.05) is 19.4 Å². The Balaban J connectivity index is 2.76. The number of hydrogen-bond donors (Lipinski definition) is 0. The zero-order valence-electron chi connectivity index (χ0n) is 11.3. The first kappa shape index (κ1) is 15.1. The molecule has 0 radical (unpaired) electrons. The lowest BCUT2D eigenvalue weighted by Crippen LogP contribution is -2.22. The molecule has 0 aliphatic carbocycles. The summed E-state index contributed by atoms with van der Waals surface area (Å²) in [5, 5.41) is 0. The standard InChI is InChI=1S/C14H19NO4/c1-3-5-8-12(16)19-13(14(17)18-4-2)11-7-6-9-15-10-11/h6-7,9-10,13H,3-5,8H2,1-2H3. The van der Waals surface area contributed by atoms with Gasteiger partial charge in [0, 0.05) is 24.4 Å². The first-order valence-electron chi connectivity index (χ1n) is 6.45. The molecule has 1 rings (SSSR count). The number of esters is 2. The van der Waals surface area contributed by atoms with E-state index in [-0.39, 0.29) is 6.61 Å². The van der Waals surface area contributed by atoms with Crippen LogP contribution in [0.1, 0.15) is 44.8 Å². The molecular weight excluding hydrogens is 246 g/mol. The Hall–Kier alpha value is -1.91. The van der Waals surface area contributed by atoms with Crippen LogP contribution in [0, 0.1) is 0 Å². The minimum Gasteiger partial charge on any atom is -0.463 e. The minimum atomic E-state index is -1.03. The molecule has 0 aliphatic rings. The quantitative estimate of drug-likeness (QED) is 0.708. The van der Waals surface area contributed by atoms with Crippen LogP contribution in [0.15, 0.2) is 24.5 Å². The topological polar surface area (TPSA) is 65.5 Å². The third-order valence-corrected chi connectivity index (χ3v) is 2.47. The molecule has 0 spiro atoms. The van der Waals surface area contributed by atoms with Gasteiger partial charge < -0.3 is 9.47 Å². The van der Waals surface area contributed by atoms with Gasteiger partial charge >= 0.3 is 11.9 Å². The maximum absolute atomic E-state index is 11.8. The molecule has 0 aromatic carbocycles.